The molecule has 6 heteroatoms. The van der Waals surface area contributed by atoms with Crippen molar-refractivity contribution in [1.82, 2.24) is 5.32 Å². The molecule has 1 aromatic carbocycles. The highest BCUT2D eigenvalue weighted by atomic mass is 16.4. The smallest absolute Gasteiger partial charge is 0.323 e. The Morgan fingerprint density at radius 2 is 1.90 bits per heavy atom. The Balaban J connectivity index is 2.80. The number of nitrogens with one attached hydrogen (secondary N) is 1. The van der Waals surface area contributed by atoms with Crippen molar-refractivity contribution in [3.05, 3.63) is 24.3 Å². The number of aromatic hydroxyl groups is 1. The highest BCUT2D eigenvalue weighted by Crippen LogP contribution is 2.18. The van der Waals surface area contributed by atoms with E-state index in [9.17, 15) is 14.7 Å². The van der Waals surface area contributed by atoms with E-state index in [-0.39, 0.29) is 5.75 Å². The molecule has 0 fully saturated rings. The largest absolute Gasteiger partial charge is 0.508 e. The SMILES string of the molecule is CCC(C)CNC(=O)N(CC(=O)O)c1ccc(O)cc1. The Kier molecular flexibility index (Phi) is 5.83. The lowest BCUT2D eigenvalue weighted by atomic mass is 10.1. The van der Waals surface area contributed by atoms with Gasteiger partial charge < -0.3 is 15.5 Å². The maximum Gasteiger partial charge on any atom is 0.323 e. The third kappa shape index (κ3) is 4.79. The number of carbonyl (C=O) groups is 2. The molecule has 1 rings (SSSR count). The van der Waals surface area contributed by atoms with Crippen LogP contribution in [0.1, 0.15) is 20.3 Å². The average Bonchev–Trinajstić information content (AvgIpc) is 2.42. The van der Waals surface area contributed by atoms with Crippen molar-refractivity contribution in [2.45, 2.75) is 20.3 Å². The highest BCUT2D eigenvalue weighted by Gasteiger charge is 2.19. The minimum Gasteiger partial charge on any atom is -0.508 e. The molecule has 20 heavy (non-hydrogen) atoms. The maximum absolute atomic E-state index is 12.1. The van der Waals surface area contributed by atoms with Crippen molar-refractivity contribution in [3.63, 3.8) is 0 Å². The lowest BCUT2D eigenvalue weighted by molar-refractivity contribution is -0.135. The number of anilines is 1. The van der Waals surface area contributed by atoms with Crippen molar-refractivity contribution in [2.24, 2.45) is 5.92 Å². The lowest BCUT2D eigenvalue weighted by Crippen LogP contribution is -2.44. The van der Waals surface area contributed by atoms with Crippen LogP contribution in [0.4, 0.5) is 10.5 Å². The van der Waals surface area contributed by atoms with Crippen LogP contribution in [0.3, 0.4) is 0 Å². The van der Waals surface area contributed by atoms with Crippen LogP contribution in [0.2, 0.25) is 0 Å². The standard InChI is InChI=1S/C14H20N2O4/c1-3-10(2)8-15-14(20)16(9-13(18)19)11-4-6-12(17)7-5-11/h4-7,10,17H,3,8-9H2,1-2H3,(H,15,20)(H,18,19). The molecule has 0 bridgehead atoms. The second-order valence-electron chi connectivity index (χ2n) is 4.70. The molecular formula is C14H20N2O4. The number of amides is 2. The maximum atomic E-state index is 12.1. The van der Waals surface area contributed by atoms with Gasteiger partial charge in [-0.25, -0.2) is 4.79 Å². The highest BCUT2D eigenvalue weighted by molar-refractivity contribution is 5.96. The molecule has 3 N–H and O–H groups in total. The molecule has 0 aliphatic carbocycles. The van der Waals surface area contributed by atoms with Gasteiger partial charge in [-0.05, 0) is 30.2 Å². The van der Waals surface area contributed by atoms with Gasteiger partial charge in [-0.1, -0.05) is 20.3 Å². The number of nitrogens with zero attached hydrogens (tertiary/aromatic N) is 1. The van der Waals surface area contributed by atoms with E-state index in [2.05, 4.69) is 5.32 Å². The fourth-order valence-corrected chi connectivity index (χ4v) is 1.55. The minimum atomic E-state index is -1.10. The molecule has 0 aliphatic heterocycles. The molecule has 0 radical (unpaired) electrons. The quantitative estimate of drug-likeness (QED) is 0.743. The summed E-state index contributed by atoms with van der Waals surface area (Å²) in [5, 5.41) is 20.8. The summed E-state index contributed by atoms with van der Waals surface area (Å²) in [5.74, 6) is -0.716. The third-order valence-electron chi connectivity index (χ3n) is 3.00. The first-order valence-electron chi connectivity index (χ1n) is 6.50. The van der Waals surface area contributed by atoms with Gasteiger partial charge in [-0.3, -0.25) is 9.69 Å². The summed E-state index contributed by atoms with van der Waals surface area (Å²) in [4.78, 5) is 24.1. The monoisotopic (exact) mass is 280 g/mol. The van der Waals surface area contributed by atoms with Crippen LogP contribution in [0.25, 0.3) is 0 Å². The number of phenolic OH excluding ortho intramolecular Hbond substituents is 1. The van der Waals surface area contributed by atoms with Crippen LogP contribution < -0.4 is 10.2 Å². The normalized spacial score (nSPS) is 11.7. The predicted molar refractivity (Wildman–Crippen MR) is 75.9 cm³/mol. The van der Waals surface area contributed by atoms with E-state index < -0.39 is 18.5 Å². The zero-order valence-electron chi connectivity index (χ0n) is 11.7. The molecular weight excluding hydrogens is 260 g/mol. The zero-order chi connectivity index (χ0) is 15.1. The summed E-state index contributed by atoms with van der Waals surface area (Å²) in [7, 11) is 0. The van der Waals surface area contributed by atoms with Crippen LogP contribution in [-0.2, 0) is 4.79 Å². The van der Waals surface area contributed by atoms with Crippen molar-refractivity contribution < 1.29 is 19.8 Å². The summed E-state index contributed by atoms with van der Waals surface area (Å²) in [6.07, 6.45) is 0.929. The van der Waals surface area contributed by atoms with E-state index in [0.717, 1.165) is 11.3 Å². The number of benzene rings is 1. The van der Waals surface area contributed by atoms with Gasteiger partial charge in [0.25, 0.3) is 0 Å². The Morgan fingerprint density at radius 3 is 2.40 bits per heavy atom. The van der Waals surface area contributed by atoms with Gasteiger partial charge in [-0.15, -0.1) is 0 Å². The summed E-state index contributed by atoms with van der Waals surface area (Å²) >= 11 is 0. The van der Waals surface area contributed by atoms with Crippen molar-refractivity contribution >= 4 is 17.7 Å². The van der Waals surface area contributed by atoms with E-state index in [4.69, 9.17) is 5.11 Å². The molecule has 0 aliphatic rings. The van der Waals surface area contributed by atoms with E-state index in [1.807, 2.05) is 13.8 Å². The van der Waals surface area contributed by atoms with Gasteiger partial charge in [-0.2, -0.15) is 0 Å². The molecule has 1 aromatic rings. The second-order valence-corrected chi connectivity index (χ2v) is 4.70. The van der Waals surface area contributed by atoms with Crippen molar-refractivity contribution in [1.29, 1.82) is 0 Å². The molecule has 0 heterocycles. The molecule has 0 saturated carbocycles. The van der Waals surface area contributed by atoms with E-state index in [1.54, 1.807) is 0 Å². The first-order valence-corrected chi connectivity index (χ1v) is 6.50. The average molecular weight is 280 g/mol. The molecule has 1 atom stereocenters. The molecule has 0 spiro atoms. The van der Waals surface area contributed by atoms with Gasteiger partial charge in [0.05, 0.1) is 0 Å². The topological polar surface area (TPSA) is 89.9 Å². The summed E-state index contributed by atoms with van der Waals surface area (Å²) in [6, 6.07) is 5.36. The Labute approximate surface area is 118 Å². The van der Waals surface area contributed by atoms with Gasteiger partial charge in [0, 0.05) is 12.2 Å². The Hall–Kier alpha value is -2.24. The molecule has 6 nitrogen and oxygen atoms in total. The first kappa shape index (κ1) is 15.8. The Bertz CT molecular complexity index is 459. The number of hydrogen-bond acceptors (Lipinski definition) is 3. The van der Waals surface area contributed by atoms with Gasteiger partial charge in [0.15, 0.2) is 0 Å². The number of urea groups is 1. The Morgan fingerprint density at radius 1 is 1.30 bits per heavy atom. The van der Waals surface area contributed by atoms with Gasteiger partial charge in [0.1, 0.15) is 12.3 Å². The number of carboxylic acids is 1. The zero-order valence-corrected chi connectivity index (χ0v) is 11.7. The summed E-state index contributed by atoms with van der Waals surface area (Å²) in [5.41, 5.74) is 0.423. The fraction of sp³-hybridized carbons (Fsp3) is 0.429. The first-order chi connectivity index (χ1) is 9.43. The second kappa shape index (κ2) is 7.37. The molecule has 0 saturated heterocycles. The fourth-order valence-electron chi connectivity index (χ4n) is 1.55. The van der Waals surface area contributed by atoms with Crippen LogP contribution in [0, 0.1) is 5.92 Å². The lowest BCUT2D eigenvalue weighted by Gasteiger charge is -2.22. The summed E-state index contributed by atoms with van der Waals surface area (Å²) < 4.78 is 0. The van der Waals surface area contributed by atoms with Crippen molar-refractivity contribution in [3.8, 4) is 5.75 Å². The van der Waals surface area contributed by atoms with Crippen LogP contribution >= 0.6 is 0 Å². The van der Waals surface area contributed by atoms with E-state index >= 15 is 0 Å². The molecule has 0 aromatic heterocycles. The van der Waals surface area contributed by atoms with Crippen molar-refractivity contribution in [2.75, 3.05) is 18.0 Å². The number of hydrogen-bond donors (Lipinski definition) is 3. The summed E-state index contributed by atoms with van der Waals surface area (Å²) in [6.45, 7) is 4.08. The van der Waals surface area contributed by atoms with Gasteiger partial charge >= 0.3 is 12.0 Å². The molecule has 110 valence electrons. The van der Waals surface area contributed by atoms with Crippen LogP contribution in [0.15, 0.2) is 24.3 Å². The predicted octanol–water partition coefficient (Wildman–Crippen LogP) is 2.04. The third-order valence-corrected chi connectivity index (χ3v) is 3.00. The number of carbonyl (C=O) groups excluding carboxylic acids is 1. The number of phenols is 1. The van der Waals surface area contributed by atoms with E-state index in [0.29, 0.717) is 18.2 Å². The number of aliphatic carboxylic acids is 1. The number of rotatable bonds is 6. The minimum absolute atomic E-state index is 0.0593. The number of carboxylic acid groups (broad SMARTS) is 1. The molecule has 1 unspecified atom stereocenters. The van der Waals surface area contributed by atoms with E-state index in [1.165, 1.54) is 24.3 Å². The van der Waals surface area contributed by atoms with Crippen LogP contribution in [0.5, 0.6) is 5.75 Å². The van der Waals surface area contributed by atoms with Gasteiger partial charge in [0.2, 0.25) is 0 Å². The molecule has 2 amide bonds. The van der Waals surface area contributed by atoms with Crippen LogP contribution in [-0.4, -0.2) is 35.3 Å².